The number of rotatable bonds is 2. The summed E-state index contributed by atoms with van der Waals surface area (Å²) in [5.74, 6) is 0. The van der Waals surface area contributed by atoms with E-state index in [-0.39, 0.29) is 0 Å². The molecule has 0 aliphatic carbocycles. The van der Waals surface area contributed by atoms with Crippen LogP contribution >= 0.6 is 11.3 Å². The molecular formula is C14H18N2S. The van der Waals surface area contributed by atoms with Crippen molar-refractivity contribution in [2.24, 2.45) is 0 Å². The van der Waals surface area contributed by atoms with E-state index in [1.807, 2.05) is 11.3 Å². The molecule has 1 aliphatic heterocycles. The molecule has 0 atom stereocenters. The molecule has 2 aromatic rings. The quantitative estimate of drug-likeness (QED) is 0.876. The lowest BCUT2D eigenvalue weighted by Crippen LogP contribution is -2.42. The van der Waals surface area contributed by atoms with E-state index in [1.165, 1.54) is 34.3 Å². The first-order valence-electron chi connectivity index (χ1n) is 6.23. The Morgan fingerprint density at radius 3 is 2.94 bits per heavy atom. The number of nitrogens with zero attached hydrogens (tertiary/aromatic N) is 1. The Morgan fingerprint density at radius 1 is 1.29 bits per heavy atom. The highest BCUT2D eigenvalue weighted by Crippen LogP contribution is 2.26. The van der Waals surface area contributed by atoms with Gasteiger partial charge in [0.1, 0.15) is 0 Å². The number of hydrogen-bond acceptors (Lipinski definition) is 3. The number of thiophene rings is 1. The largest absolute Gasteiger partial charge is 0.314 e. The first-order valence-corrected chi connectivity index (χ1v) is 7.11. The SMILES string of the molecule is Cc1csc2ccc(CN3CCNCC3)cc12. The van der Waals surface area contributed by atoms with Gasteiger partial charge in [-0.05, 0) is 40.9 Å². The summed E-state index contributed by atoms with van der Waals surface area (Å²) in [6.45, 7) is 7.88. The number of nitrogens with one attached hydrogen (secondary N) is 1. The van der Waals surface area contributed by atoms with Crippen LogP contribution in [0.25, 0.3) is 10.1 Å². The lowest BCUT2D eigenvalue weighted by atomic mass is 10.1. The first kappa shape index (κ1) is 11.2. The molecule has 1 aromatic carbocycles. The van der Waals surface area contributed by atoms with E-state index < -0.39 is 0 Å². The number of hydrogen-bond donors (Lipinski definition) is 1. The Morgan fingerprint density at radius 2 is 2.12 bits per heavy atom. The van der Waals surface area contributed by atoms with E-state index in [1.54, 1.807) is 0 Å². The van der Waals surface area contributed by atoms with Crippen LogP contribution in [0.1, 0.15) is 11.1 Å². The predicted molar refractivity (Wildman–Crippen MR) is 74.7 cm³/mol. The van der Waals surface area contributed by atoms with Gasteiger partial charge in [-0.25, -0.2) is 0 Å². The summed E-state index contributed by atoms with van der Waals surface area (Å²) in [6.07, 6.45) is 0. The molecule has 3 heteroatoms. The molecule has 2 heterocycles. The first-order chi connectivity index (χ1) is 8.33. The van der Waals surface area contributed by atoms with Gasteiger partial charge in [0, 0.05) is 37.4 Å². The van der Waals surface area contributed by atoms with Gasteiger partial charge in [-0.1, -0.05) is 6.07 Å². The van der Waals surface area contributed by atoms with Gasteiger partial charge in [0.25, 0.3) is 0 Å². The number of benzene rings is 1. The highest BCUT2D eigenvalue weighted by molar-refractivity contribution is 7.17. The molecule has 17 heavy (non-hydrogen) atoms. The minimum Gasteiger partial charge on any atom is -0.314 e. The van der Waals surface area contributed by atoms with Gasteiger partial charge in [0.2, 0.25) is 0 Å². The minimum atomic E-state index is 1.09. The van der Waals surface area contributed by atoms with Crippen LogP contribution in [0.15, 0.2) is 23.6 Å². The molecule has 1 aromatic heterocycles. The van der Waals surface area contributed by atoms with Crippen LogP contribution < -0.4 is 5.32 Å². The Bertz CT molecular complexity index is 512. The summed E-state index contributed by atoms with van der Waals surface area (Å²) in [5, 5.41) is 7.08. The Hall–Kier alpha value is -0.900. The molecule has 0 spiro atoms. The molecule has 2 nitrogen and oxygen atoms in total. The van der Waals surface area contributed by atoms with E-state index in [9.17, 15) is 0 Å². The van der Waals surface area contributed by atoms with Gasteiger partial charge in [-0.3, -0.25) is 4.90 Å². The van der Waals surface area contributed by atoms with E-state index in [2.05, 4.69) is 40.7 Å². The van der Waals surface area contributed by atoms with Crippen molar-refractivity contribution in [3.63, 3.8) is 0 Å². The molecule has 0 unspecified atom stereocenters. The third kappa shape index (κ3) is 2.37. The smallest absolute Gasteiger partial charge is 0.0345 e. The standard InChI is InChI=1S/C14H18N2S/c1-11-10-17-14-3-2-12(8-13(11)14)9-16-6-4-15-5-7-16/h2-3,8,10,15H,4-7,9H2,1H3. The zero-order chi connectivity index (χ0) is 11.7. The lowest BCUT2D eigenvalue weighted by Gasteiger charge is -2.27. The molecule has 0 amide bonds. The van der Waals surface area contributed by atoms with Gasteiger partial charge < -0.3 is 5.32 Å². The third-order valence-electron chi connectivity index (χ3n) is 3.45. The molecule has 3 rings (SSSR count). The van der Waals surface area contributed by atoms with Gasteiger partial charge in [0.05, 0.1) is 0 Å². The fourth-order valence-corrected chi connectivity index (χ4v) is 3.35. The molecule has 0 saturated carbocycles. The third-order valence-corrected chi connectivity index (χ3v) is 4.53. The van der Waals surface area contributed by atoms with Crippen LogP contribution in [0.2, 0.25) is 0 Å². The highest BCUT2D eigenvalue weighted by Gasteiger charge is 2.10. The molecular weight excluding hydrogens is 228 g/mol. The average Bonchev–Trinajstić information content (AvgIpc) is 2.73. The second kappa shape index (κ2) is 4.77. The summed E-state index contributed by atoms with van der Waals surface area (Å²) >= 11 is 1.85. The summed E-state index contributed by atoms with van der Waals surface area (Å²) in [5.41, 5.74) is 2.85. The fraction of sp³-hybridized carbons (Fsp3) is 0.429. The Labute approximate surface area is 106 Å². The van der Waals surface area contributed by atoms with E-state index in [4.69, 9.17) is 0 Å². The van der Waals surface area contributed by atoms with Crippen LogP contribution in [0.5, 0.6) is 0 Å². The van der Waals surface area contributed by atoms with E-state index >= 15 is 0 Å². The number of aryl methyl sites for hydroxylation is 1. The Kier molecular flexibility index (Phi) is 3.14. The number of piperazine rings is 1. The van der Waals surface area contributed by atoms with Crippen molar-refractivity contribution in [1.82, 2.24) is 10.2 Å². The maximum absolute atomic E-state index is 3.40. The second-order valence-electron chi connectivity index (χ2n) is 4.78. The maximum atomic E-state index is 3.40. The van der Waals surface area contributed by atoms with Crippen molar-refractivity contribution in [1.29, 1.82) is 0 Å². The van der Waals surface area contributed by atoms with Gasteiger partial charge >= 0.3 is 0 Å². The van der Waals surface area contributed by atoms with Gasteiger partial charge in [-0.2, -0.15) is 0 Å². The average molecular weight is 246 g/mol. The lowest BCUT2D eigenvalue weighted by molar-refractivity contribution is 0.233. The fourth-order valence-electron chi connectivity index (χ4n) is 2.43. The minimum absolute atomic E-state index is 1.09. The zero-order valence-corrected chi connectivity index (χ0v) is 11.0. The van der Waals surface area contributed by atoms with Crippen molar-refractivity contribution in [3.8, 4) is 0 Å². The zero-order valence-electron chi connectivity index (χ0n) is 10.2. The van der Waals surface area contributed by atoms with Crippen molar-refractivity contribution < 1.29 is 0 Å². The van der Waals surface area contributed by atoms with Gasteiger partial charge in [-0.15, -0.1) is 11.3 Å². The Balaban J connectivity index is 1.82. The molecule has 1 N–H and O–H groups in total. The van der Waals surface area contributed by atoms with Crippen LogP contribution in [-0.2, 0) is 6.54 Å². The van der Waals surface area contributed by atoms with Crippen molar-refractivity contribution in [2.45, 2.75) is 13.5 Å². The molecule has 0 radical (unpaired) electrons. The van der Waals surface area contributed by atoms with Crippen LogP contribution in [0.3, 0.4) is 0 Å². The molecule has 1 saturated heterocycles. The monoisotopic (exact) mass is 246 g/mol. The van der Waals surface area contributed by atoms with Crippen LogP contribution in [-0.4, -0.2) is 31.1 Å². The van der Waals surface area contributed by atoms with E-state index in [0.717, 1.165) is 19.6 Å². The summed E-state index contributed by atoms with van der Waals surface area (Å²) in [4.78, 5) is 2.53. The van der Waals surface area contributed by atoms with E-state index in [0.29, 0.717) is 0 Å². The number of fused-ring (bicyclic) bond motifs is 1. The van der Waals surface area contributed by atoms with Crippen LogP contribution in [0, 0.1) is 6.92 Å². The summed E-state index contributed by atoms with van der Waals surface area (Å²) < 4.78 is 1.41. The van der Waals surface area contributed by atoms with Crippen LogP contribution in [0.4, 0.5) is 0 Å². The predicted octanol–water partition coefficient (Wildman–Crippen LogP) is 2.61. The second-order valence-corrected chi connectivity index (χ2v) is 5.69. The van der Waals surface area contributed by atoms with Crippen molar-refractivity contribution in [2.75, 3.05) is 26.2 Å². The van der Waals surface area contributed by atoms with Crippen molar-refractivity contribution >= 4 is 21.4 Å². The molecule has 1 aliphatic rings. The topological polar surface area (TPSA) is 15.3 Å². The molecule has 0 bridgehead atoms. The van der Waals surface area contributed by atoms with Gasteiger partial charge in [0.15, 0.2) is 0 Å². The summed E-state index contributed by atoms with van der Waals surface area (Å²) in [7, 11) is 0. The molecule has 90 valence electrons. The maximum Gasteiger partial charge on any atom is 0.0345 e. The highest BCUT2D eigenvalue weighted by atomic mass is 32.1. The normalized spacial score (nSPS) is 17.7. The molecule has 1 fully saturated rings. The van der Waals surface area contributed by atoms with Crippen molar-refractivity contribution in [3.05, 3.63) is 34.7 Å². The summed E-state index contributed by atoms with van der Waals surface area (Å²) in [6, 6.07) is 6.91.